The van der Waals surface area contributed by atoms with Gasteiger partial charge in [-0.2, -0.15) is 0 Å². The average Bonchev–Trinajstić information content (AvgIpc) is 2.83. The second-order valence-electron chi connectivity index (χ2n) is 7.61. The largest absolute Gasteiger partial charge is 0.460 e. The number of amides is 1. The van der Waals surface area contributed by atoms with E-state index in [-0.39, 0.29) is 12.5 Å². The van der Waals surface area contributed by atoms with E-state index in [1.54, 1.807) is 19.3 Å². The summed E-state index contributed by atoms with van der Waals surface area (Å²) in [6, 6.07) is 16.4. The number of carbonyl (C=O) groups is 2. The van der Waals surface area contributed by atoms with Gasteiger partial charge in [0.2, 0.25) is 5.91 Å². The number of nitrogens with one attached hydrogen (secondary N) is 2. The average molecular weight is 480 g/mol. The number of methoxy groups -OCH3 is 1. The van der Waals surface area contributed by atoms with Gasteiger partial charge in [0.25, 0.3) is 0 Å². The van der Waals surface area contributed by atoms with Crippen LogP contribution in [0, 0.1) is 0 Å². The maximum atomic E-state index is 13.0. The van der Waals surface area contributed by atoms with Crippen molar-refractivity contribution in [2.45, 2.75) is 19.9 Å². The molecule has 0 aliphatic carbocycles. The lowest BCUT2D eigenvalue weighted by Gasteiger charge is -2.37. The third kappa shape index (κ3) is 6.30. The first-order valence-corrected chi connectivity index (χ1v) is 11.4. The number of benzene rings is 2. The highest BCUT2D eigenvalue weighted by Crippen LogP contribution is 2.32. The van der Waals surface area contributed by atoms with Crippen molar-refractivity contribution in [1.82, 2.24) is 10.2 Å². The molecule has 1 unspecified atom stereocenters. The first-order valence-electron chi connectivity index (χ1n) is 11.0. The van der Waals surface area contributed by atoms with Gasteiger partial charge in [-0.05, 0) is 55.4 Å². The van der Waals surface area contributed by atoms with E-state index >= 15 is 0 Å². The summed E-state index contributed by atoms with van der Waals surface area (Å²) in [5, 5.41) is 6.65. The lowest BCUT2D eigenvalue weighted by molar-refractivity contribution is -0.140. The van der Waals surface area contributed by atoms with E-state index in [0.29, 0.717) is 29.5 Å². The maximum Gasteiger partial charge on any atom is 0.338 e. The Labute approximate surface area is 205 Å². The van der Waals surface area contributed by atoms with E-state index in [4.69, 9.17) is 21.7 Å². The molecule has 2 aromatic carbocycles. The Morgan fingerprint density at radius 2 is 1.91 bits per heavy atom. The third-order valence-electron chi connectivity index (χ3n) is 5.37. The van der Waals surface area contributed by atoms with Gasteiger partial charge in [0, 0.05) is 31.1 Å². The Kier molecular flexibility index (Phi) is 8.95. The Balaban J connectivity index is 1.84. The van der Waals surface area contributed by atoms with Crippen LogP contribution in [0.25, 0.3) is 6.08 Å². The summed E-state index contributed by atoms with van der Waals surface area (Å²) in [6.45, 7) is 4.90. The van der Waals surface area contributed by atoms with Crippen molar-refractivity contribution < 1.29 is 19.1 Å². The zero-order chi connectivity index (χ0) is 24.5. The van der Waals surface area contributed by atoms with Crippen molar-refractivity contribution >= 4 is 41.0 Å². The van der Waals surface area contributed by atoms with Crippen molar-refractivity contribution in [2.75, 3.05) is 32.2 Å². The van der Waals surface area contributed by atoms with Crippen molar-refractivity contribution in [3.8, 4) is 0 Å². The summed E-state index contributed by atoms with van der Waals surface area (Å²) in [4.78, 5) is 27.3. The summed E-state index contributed by atoms with van der Waals surface area (Å²) in [5.41, 5.74) is 3.53. The predicted molar refractivity (Wildman–Crippen MR) is 137 cm³/mol. The molecule has 7 nitrogen and oxygen atoms in total. The molecule has 1 atom stereocenters. The van der Waals surface area contributed by atoms with E-state index < -0.39 is 12.0 Å². The van der Waals surface area contributed by atoms with Crippen molar-refractivity contribution in [3.05, 3.63) is 83.1 Å². The highest BCUT2D eigenvalue weighted by molar-refractivity contribution is 7.80. The van der Waals surface area contributed by atoms with Crippen LogP contribution in [0.2, 0.25) is 0 Å². The first-order chi connectivity index (χ1) is 16.4. The maximum absolute atomic E-state index is 13.0. The third-order valence-corrected chi connectivity index (χ3v) is 5.71. The van der Waals surface area contributed by atoms with Crippen LogP contribution in [-0.4, -0.2) is 48.8 Å². The first kappa shape index (κ1) is 25.1. The SMILES string of the molecule is CCN1C(=S)NC(c2cccc(NC(=O)/C=C/c3ccccc3)c2)C(C(=O)OCCOC)=C1C. The predicted octanol–water partition coefficient (Wildman–Crippen LogP) is 4.05. The van der Waals surface area contributed by atoms with Crippen LogP contribution in [0.3, 0.4) is 0 Å². The fourth-order valence-electron chi connectivity index (χ4n) is 3.69. The molecule has 0 radical (unpaired) electrons. The molecule has 3 rings (SSSR count). The van der Waals surface area contributed by atoms with Gasteiger partial charge < -0.3 is 25.0 Å². The molecule has 34 heavy (non-hydrogen) atoms. The summed E-state index contributed by atoms with van der Waals surface area (Å²) in [5.74, 6) is -0.690. The minimum absolute atomic E-state index is 0.152. The number of nitrogens with zero attached hydrogens (tertiary/aromatic N) is 1. The second-order valence-corrected chi connectivity index (χ2v) is 8.00. The molecular weight excluding hydrogens is 450 g/mol. The summed E-state index contributed by atoms with van der Waals surface area (Å²) in [7, 11) is 1.55. The smallest absolute Gasteiger partial charge is 0.338 e. The van der Waals surface area contributed by atoms with Crippen LogP contribution in [-0.2, 0) is 19.1 Å². The molecule has 1 heterocycles. The quantitative estimate of drug-likeness (QED) is 0.243. The van der Waals surface area contributed by atoms with Crippen molar-refractivity contribution in [2.24, 2.45) is 0 Å². The van der Waals surface area contributed by atoms with Crippen LogP contribution < -0.4 is 10.6 Å². The minimum Gasteiger partial charge on any atom is -0.460 e. The molecule has 0 saturated heterocycles. The standard InChI is InChI=1S/C26H29N3O4S/c1-4-29-18(2)23(25(31)33-16-15-32-3)24(28-26(29)34)20-11-8-12-21(17-20)27-22(30)14-13-19-9-6-5-7-10-19/h5-14,17,24H,4,15-16H2,1-3H3,(H,27,30)(H,28,34)/b14-13+. The van der Waals surface area contributed by atoms with Gasteiger partial charge in [0.15, 0.2) is 5.11 Å². The molecular formula is C26H29N3O4S. The lowest BCUT2D eigenvalue weighted by Crippen LogP contribution is -2.47. The number of anilines is 1. The summed E-state index contributed by atoms with van der Waals surface area (Å²) >= 11 is 5.54. The van der Waals surface area contributed by atoms with E-state index in [0.717, 1.165) is 16.8 Å². The topological polar surface area (TPSA) is 79.9 Å². The number of esters is 1. The molecule has 1 aliphatic heterocycles. The van der Waals surface area contributed by atoms with Crippen LogP contribution in [0.1, 0.15) is 31.0 Å². The highest BCUT2D eigenvalue weighted by atomic mass is 32.1. The zero-order valence-corrected chi connectivity index (χ0v) is 20.4. The number of carbonyl (C=O) groups excluding carboxylic acids is 2. The van der Waals surface area contributed by atoms with E-state index in [9.17, 15) is 9.59 Å². The number of allylic oxidation sites excluding steroid dienone is 1. The van der Waals surface area contributed by atoms with Crippen molar-refractivity contribution in [3.63, 3.8) is 0 Å². The van der Waals surface area contributed by atoms with Gasteiger partial charge in [-0.15, -0.1) is 0 Å². The fourth-order valence-corrected chi connectivity index (χ4v) is 4.07. The van der Waals surface area contributed by atoms with Crippen molar-refractivity contribution in [1.29, 1.82) is 0 Å². The summed E-state index contributed by atoms with van der Waals surface area (Å²) < 4.78 is 10.4. The number of hydrogen-bond acceptors (Lipinski definition) is 5. The molecule has 0 bridgehead atoms. The molecule has 1 aliphatic rings. The number of thiocarbonyl (C=S) groups is 1. The molecule has 0 aromatic heterocycles. The Bertz CT molecular complexity index is 1100. The Hall–Kier alpha value is -3.49. The monoisotopic (exact) mass is 479 g/mol. The Morgan fingerprint density at radius 1 is 1.15 bits per heavy atom. The highest BCUT2D eigenvalue weighted by Gasteiger charge is 2.34. The number of hydrogen-bond donors (Lipinski definition) is 2. The molecule has 8 heteroatoms. The van der Waals surface area contributed by atoms with E-state index in [2.05, 4.69) is 10.6 Å². The van der Waals surface area contributed by atoms with Crippen LogP contribution in [0.5, 0.6) is 0 Å². The molecule has 2 N–H and O–H groups in total. The van der Waals surface area contributed by atoms with Gasteiger partial charge in [-0.25, -0.2) is 4.79 Å². The van der Waals surface area contributed by atoms with Crippen LogP contribution in [0.15, 0.2) is 71.9 Å². The molecule has 0 saturated carbocycles. The van der Waals surface area contributed by atoms with Gasteiger partial charge in [-0.3, -0.25) is 4.79 Å². The van der Waals surface area contributed by atoms with Gasteiger partial charge in [-0.1, -0.05) is 42.5 Å². The molecule has 2 aromatic rings. The normalized spacial score (nSPS) is 15.9. The lowest BCUT2D eigenvalue weighted by atomic mass is 9.94. The van der Waals surface area contributed by atoms with Gasteiger partial charge in [0.05, 0.1) is 18.2 Å². The molecule has 1 amide bonds. The number of rotatable bonds is 9. The van der Waals surface area contributed by atoms with Gasteiger partial charge in [0.1, 0.15) is 6.61 Å². The van der Waals surface area contributed by atoms with E-state index in [1.165, 1.54) is 6.08 Å². The van der Waals surface area contributed by atoms with E-state index in [1.807, 2.05) is 67.3 Å². The second kappa shape index (κ2) is 12.1. The Morgan fingerprint density at radius 3 is 2.62 bits per heavy atom. The van der Waals surface area contributed by atoms with Gasteiger partial charge >= 0.3 is 5.97 Å². The molecule has 178 valence electrons. The number of ether oxygens (including phenoxy) is 2. The molecule has 0 spiro atoms. The minimum atomic E-state index is -0.512. The van der Waals surface area contributed by atoms with Crippen LogP contribution >= 0.6 is 12.2 Å². The summed E-state index contributed by atoms with van der Waals surface area (Å²) in [6.07, 6.45) is 3.23. The zero-order valence-electron chi connectivity index (χ0n) is 19.5. The fraction of sp³-hybridized carbons (Fsp3) is 0.269. The van der Waals surface area contributed by atoms with Crippen LogP contribution in [0.4, 0.5) is 5.69 Å². The molecule has 0 fully saturated rings.